The molecule has 0 aliphatic rings. The van der Waals surface area contributed by atoms with Gasteiger partial charge in [-0.1, -0.05) is 206 Å². The van der Waals surface area contributed by atoms with Crippen molar-refractivity contribution in [2.45, 2.75) is 0 Å². The van der Waals surface area contributed by atoms with E-state index in [4.69, 9.17) is 24.9 Å². The highest BCUT2D eigenvalue weighted by Gasteiger charge is 2.20. The molecule has 0 radical (unpaired) electrons. The molecule has 298 valence electrons. The summed E-state index contributed by atoms with van der Waals surface area (Å²) in [7, 11) is 0. The first-order valence-electron chi connectivity index (χ1n) is 21.5. The van der Waals surface area contributed by atoms with Crippen LogP contribution in [0.3, 0.4) is 0 Å². The van der Waals surface area contributed by atoms with Crippen LogP contribution in [0.15, 0.2) is 224 Å². The molecular formula is C59H37N5. The maximum Gasteiger partial charge on any atom is 0.164 e. The quantitative estimate of drug-likeness (QED) is 0.160. The van der Waals surface area contributed by atoms with Crippen LogP contribution in [-0.2, 0) is 0 Å². The molecule has 5 nitrogen and oxygen atoms in total. The highest BCUT2D eigenvalue weighted by molar-refractivity contribution is 6.12. The van der Waals surface area contributed by atoms with E-state index in [2.05, 4.69) is 188 Å². The minimum absolute atomic E-state index is 0.619. The summed E-state index contributed by atoms with van der Waals surface area (Å²) in [5, 5.41) is 8.80. The number of hydrogen-bond acceptors (Lipinski definition) is 5. The summed E-state index contributed by atoms with van der Waals surface area (Å²) < 4.78 is 0. The summed E-state index contributed by atoms with van der Waals surface area (Å²) >= 11 is 0. The lowest BCUT2D eigenvalue weighted by Gasteiger charge is -2.16. The van der Waals surface area contributed by atoms with Gasteiger partial charge in [-0.15, -0.1) is 0 Å². The summed E-state index contributed by atoms with van der Waals surface area (Å²) in [6.45, 7) is 0. The molecule has 5 heteroatoms. The van der Waals surface area contributed by atoms with Gasteiger partial charge in [-0.2, -0.15) is 0 Å². The molecule has 2 aromatic heterocycles. The van der Waals surface area contributed by atoms with Gasteiger partial charge < -0.3 is 0 Å². The van der Waals surface area contributed by atoms with Gasteiger partial charge in [0.05, 0.1) is 11.4 Å². The molecule has 0 N–H and O–H groups in total. The molecule has 10 aromatic carbocycles. The fourth-order valence-corrected chi connectivity index (χ4v) is 9.12. The molecule has 0 spiro atoms. The highest BCUT2D eigenvalue weighted by Crippen LogP contribution is 2.42. The van der Waals surface area contributed by atoms with Crippen LogP contribution in [0.25, 0.3) is 122 Å². The first-order chi connectivity index (χ1) is 31.7. The third-order valence-electron chi connectivity index (χ3n) is 12.2. The molecule has 0 fully saturated rings. The van der Waals surface area contributed by atoms with Crippen molar-refractivity contribution in [3.8, 4) is 79.2 Å². The zero-order chi connectivity index (χ0) is 42.4. The van der Waals surface area contributed by atoms with E-state index in [1.165, 1.54) is 0 Å². The molecule has 12 aromatic rings. The first kappa shape index (κ1) is 37.1. The summed E-state index contributed by atoms with van der Waals surface area (Å²) in [5.41, 5.74) is 9.92. The van der Waals surface area contributed by atoms with Gasteiger partial charge in [0, 0.05) is 33.4 Å². The third-order valence-corrected chi connectivity index (χ3v) is 12.2. The Balaban J connectivity index is 1.04. The SMILES string of the molecule is c1ccc(-c2cc(-c3ccccc3)nc(-c3ccc(-c4ccc(-c5nc(-c6cccc7ccccc67)nc(-c6cccc7ccccc67)n5)c5ccccc45)c4ccccc34)n2)cc1. The molecule has 64 heavy (non-hydrogen) atoms. The van der Waals surface area contributed by atoms with Crippen molar-refractivity contribution in [1.82, 2.24) is 24.9 Å². The van der Waals surface area contributed by atoms with E-state index in [-0.39, 0.29) is 0 Å². The Bertz CT molecular complexity index is 3570. The first-order valence-corrected chi connectivity index (χ1v) is 21.5. The molecule has 0 atom stereocenters. The number of benzene rings is 10. The van der Waals surface area contributed by atoms with Gasteiger partial charge in [-0.3, -0.25) is 0 Å². The Morgan fingerprint density at radius 3 is 0.922 bits per heavy atom. The Labute approximate surface area is 370 Å². The van der Waals surface area contributed by atoms with Crippen molar-refractivity contribution in [1.29, 1.82) is 0 Å². The van der Waals surface area contributed by atoms with Gasteiger partial charge in [-0.25, -0.2) is 24.9 Å². The minimum atomic E-state index is 0.619. The van der Waals surface area contributed by atoms with Gasteiger partial charge in [0.15, 0.2) is 23.3 Å². The zero-order valence-corrected chi connectivity index (χ0v) is 34.6. The van der Waals surface area contributed by atoms with Gasteiger partial charge in [0.1, 0.15) is 0 Å². The van der Waals surface area contributed by atoms with E-state index in [0.717, 1.165) is 99.0 Å². The van der Waals surface area contributed by atoms with Crippen molar-refractivity contribution in [2.75, 3.05) is 0 Å². The van der Waals surface area contributed by atoms with Gasteiger partial charge in [0.2, 0.25) is 0 Å². The smallest absolute Gasteiger partial charge is 0.164 e. The van der Waals surface area contributed by atoms with Crippen LogP contribution in [-0.4, -0.2) is 24.9 Å². The summed E-state index contributed by atoms with van der Waals surface area (Å²) in [6.07, 6.45) is 0. The lowest BCUT2D eigenvalue weighted by atomic mass is 9.90. The Hall–Kier alpha value is -8.67. The van der Waals surface area contributed by atoms with Crippen LogP contribution in [0.1, 0.15) is 0 Å². The number of aromatic nitrogens is 5. The van der Waals surface area contributed by atoms with E-state index >= 15 is 0 Å². The average molecular weight is 816 g/mol. The normalized spacial score (nSPS) is 11.4. The highest BCUT2D eigenvalue weighted by atomic mass is 15.0. The summed E-state index contributed by atoms with van der Waals surface area (Å²) in [4.78, 5) is 26.2. The average Bonchev–Trinajstić information content (AvgIpc) is 3.38. The predicted octanol–water partition coefficient (Wildman–Crippen LogP) is 14.9. The van der Waals surface area contributed by atoms with Crippen LogP contribution >= 0.6 is 0 Å². The topological polar surface area (TPSA) is 64.5 Å². The molecule has 0 amide bonds. The van der Waals surface area contributed by atoms with Crippen molar-refractivity contribution in [3.05, 3.63) is 224 Å². The molecule has 0 aliphatic heterocycles. The van der Waals surface area contributed by atoms with Crippen LogP contribution in [0, 0.1) is 0 Å². The van der Waals surface area contributed by atoms with Gasteiger partial charge in [0.25, 0.3) is 0 Å². The summed E-state index contributed by atoms with van der Waals surface area (Å²) in [6, 6.07) is 78.1. The lowest BCUT2D eigenvalue weighted by Crippen LogP contribution is -2.01. The van der Waals surface area contributed by atoms with Crippen molar-refractivity contribution in [3.63, 3.8) is 0 Å². The number of rotatable bonds is 7. The molecule has 0 unspecified atom stereocenters. The van der Waals surface area contributed by atoms with Crippen LogP contribution in [0.4, 0.5) is 0 Å². The second kappa shape index (κ2) is 15.7. The summed E-state index contributed by atoms with van der Waals surface area (Å²) in [5.74, 6) is 2.57. The fourth-order valence-electron chi connectivity index (χ4n) is 9.12. The fraction of sp³-hybridized carbons (Fsp3) is 0. The molecule has 0 bridgehead atoms. The van der Waals surface area contributed by atoms with Crippen LogP contribution < -0.4 is 0 Å². The van der Waals surface area contributed by atoms with E-state index in [0.29, 0.717) is 23.3 Å². The molecule has 12 rings (SSSR count). The second-order valence-electron chi connectivity index (χ2n) is 16.0. The van der Waals surface area contributed by atoms with Gasteiger partial charge >= 0.3 is 0 Å². The van der Waals surface area contributed by atoms with E-state index in [1.807, 2.05) is 36.4 Å². The molecular weight excluding hydrogens is 779 g/mol. The van der Waals surface area contributed by atoms with E-state index in [9.17, 15) is 0 Å². The minimum Gasteiger partial charge on any atom is -0.228 e. The van der Waals surface area contributed by atoms with E-state index in [1.54, 1.807) is 0 Å². The molecule has 2 heterocycles. The Morgan fingerprint density at radius 2 is 0.500 bits per heavy atom. The van der Waals surface area contributed by atoms with Gasteiger partial charge in [-0.05, 0) is 72.4 Å². The second-order valence-corrected chi connectivity index (χ2v) is 16.0. The van der Waals surface area contributed by atoms with E-state index < -0.39 is 0 Å². The number of fused-ring (bicyclic) bond motifs is 4. The maximum atomic E-state index is 5.30. The standard InChI is InChI=1S/C59H37N5/c1-3-19-40(20-4-1)54-37-55(41-21-5-2-6-22-41)61-56(60-54)52-35-33-48(44-27-11-13-29-46(44)52)49-34-36-53(47-30-14-12-28-45(47)49)59-63-57(50-31-15-23-38-17-7-9-25-42(38)50)62-58(64-59)51-32-16-24-39-18-8-10-26-43(39)51/h1-37H. The molecule has 0 saturated carbocycles. The van der Waals surface area contributed by atoms with Crippen molar-refractivity contribution < 1.29 is 0 Å². The Kier molecular flexibility index (Phi) is 9.08. The van der Waals surface area contributed by atoms with Crippen LogP contribution in [0.2, 0.25) is 0 Å². The zero-order valence-electron chi connectivity index (χ0n) is 34.6. The lowest BCUT2D eigenvalue weighted by molar-refractivity contribution is 1.08. The number of hydrogen-bond donors (Lipinski definition) is 0. The number of nitrogens with zero attached hydrogens (tertiary/aromatic N) is 5. The predicted molar refractivity (Wildman–Crippen MR) is 263 cm³/mol. The molecule has 0 saturated heterocycles. The third kappa shape index (κ3) is 6.55. The van der Waals surface area contributed by atoms with Crippen LogP contribution in [0.5, 0.6) is 0 Å². The van der Waals surface area contributed by atoms with Crippen molar-refractivity contribution >= 4 is 43.1 Å². The maximum absolute atomic E-state index is 5.30. The molecule has 0 aliphatic carbocycles. The largest absolute Gasteiger partial charge is 0.228 e. The van der Waals surface area contributed by atoms with Crippen molar-refractivity contribution in [2.24, 2.45) is 0 Å². The monoisotopic (exact) mass is 815 g/mol. The Morgan fingerprint density at radius 1 is 0.203 bits per heavy atom.